The smallest absolute Gasteiger partial charge is 0.251 e. The highest BCUT2D eigenvalue weighted by Crippen LogP contribution is 2.25. The molecule has 1 N–H and O–H groups in total. The Bertz CT molecular complexity index is 1250. The maximum atomic E-state index is 12.8. The third-order valence-electron chi connectivity index (χ3n) is 5.60. The largest absolute Gasteiger partial charge is 0.497 e. The summed E-state index contributed by atoms with van der Waals surface area (Å²) in [5.41, 5.74) is 2.55. The van der Waals surface area contributed by atoms with Gasteiger partial charge >= 0.3 is 0 Å². The highest BCUT2D eigenvalue weighted by Gasteiger charge is 2.12. The van der Waals surface area contributed by atoms with Crippen molar-refractivity contribution in [2.75, 3.05) is 20.3 Å². The standard InChI is InChI=1S/C29H29NO4/c1-3-33-28-15-11-24(29(31)30-17-16-21-8-12-26(32-2)13-9-21)18-25(28)20-34-27-14-10-22-6-4-5-7-23(22)19-27/h4-15,18-19H,3,16-17,20H2,1-2H3,(H,30,31). The Kier molecular flexibility index (Phi) is 7.66. The molecule has 1 amide bonds. The van der Waals surface area contributed by atoms with Gasteiger partial charge in [-0.1, -0.05) is 42.5 Å². The van der Waals surface area contributed by atoms with Crippen LogP contribution in [-0.2, 0) is 13.0 Å². The number of hydrogen-bond donors (Lipinski definition) is 1. The molecule has 0 aliphatic carbocycles. The van der Waals surface area contributed by atoms with Crippen molar-refractivity contribution in [1.29, 1.82) is 0 Å². The number of hydrogen-bond acceptors (Lipinski definition) is 4. The van der Waals surface area contributed by atoms with Crippen LogP contribution in [-0.4, -0.2) is 26.2 Å². The van der Waals surface area contributed by atoms with Gasteiger partial charge in [0, 0.05) is 17.7 Å². The van der Waals surface area contributed by atoms with Crippen molar-refractivity contribution in [1.82, 2.24) is 5.32 Å². The quantitative estimate of drug-likeness (QED) is 0.328. The maximum absolute atomic E-state index is 12.8. The van der Waals surface area contributed by atoms with Gasteiger partial charge in [-0.15, -0.1) is 0 Å². The number of benzene rings is 4. The Morgan fingerprint density at radius 1 is 0.824 bits per heavy atom. The Balaban J connectivity index is 1.40. The summed E-state index contributed by atoms with van der Waals surface area (Å²) in [5, 5.41) is 5.28. The van der Waals surface area contributed by atoms with Crippen molar-refractivity contribution in [3.05, 3.63) is 102 Å². The first-order chi connectivity index (χ1) is 16.7. The molecule has 0 aromatic heterocycles. The summed E-state index contributed by atoms with van der Waals surface area (Å²) < 4.78 is 17.0. The molecule has 0 atom stereocenters. The normalized spacial score (nSPS) is 10.6. The second kappa shape index (κ2) is 11.2. The first-order valence-electron chi connectivity index (χ1n) is 11.4. The molecular weight excluding hydrogens is 426 g/mol. The molecule has 0 saturated heterocycles. The number of methoxy groups -OCH3 is 1. The summed E-state index contributed by atoms with van der Waals surface area (Å²) in [7, 11) is 1.65. The summed E-state index contributed by atoms with van der Waals surface area (Å²) >= 11 is 0. The van der Waals surface area contributed by atoms with E-state index >= 15 is 0 Å². The van der Waals surface area contributed by atoms with Gasteiger partial charge in [-0.3, -0.25) is 4.79 Å². The van der Waals surface area contributed by atoms with Crippen molar-refractivity contribution in [3.63, 3.8) is 0 Å². The molecule has 4 aromatic rings. The van der Waals surface area contributed by atoms with E-state index in [4.69, 9.17) is 14.2 Å². The fourth-order valence-electron chi connectivity index (χ4n) is 3.76. The number of carbonyl (C=O) groups excluding carboxylic acids is 1. The minimum absolute atomic E-state index is 0.122. The van der Waals surface area contributed by atoms with E-state index in [1.54, 1.807) is 13.2 Å². The molecule has 0 saturated carbocycles. The van der Waals surface area contributed by atoms with Crippen molar-refractivity contribution in [2.45, 2.75) is 20.0 Å². The lowest BCUT2D eigenvalue weighted by Crippen LogP contribution is -2.25. The van der Waals surface area contributed by atoms with E-state index in [-0.39, 0.29) is 5.91 Å². The van der Waals surface area contributed by atoms with Crippen LogP contribution < -0.4 is 19.5 Å². The van der Waals surface area contributed by atoms with Gasteiger partial charge < -0.3 is 19.5 Å². The third kappa shape index (κ3) is 5.87. The molecule has 0 fully saturated rings. The Hall–Kier alpha value is -3.99. The summed E-state index contributed by atoms with van der Waals surface area (Å²) in [6, 6.07) is 27.5. The molecule has 0 spiro atoms. The molecule has 0 aliphatic rings. The number of carbonyl (C=O) groups is 1. The van der Waals surface area contributed by atoms with Crippen LogP contribution in [0, 0.1) is 0 Å². The molecule has 4 rings (SSSR count). The Morgan fingerprint density at radius 2 is 1.59 bits per heavy atom. The van der Waals surface area contributed by atoms with Crippen LogP contribution in [0.1, 0.15) is 28.4 Å². The molecule has 0 aliphatic heterocycles. The van der Waals surface area contributed by atoms with Gasteiger partial charge in [-0.05, 0) is 72.1 Å². The predicted octanol–water partition coefficient (Wildman–Crippen LogP) is 5.80. The van der Waals surface area contributed by atoms with E-state index in [1.807, 2.05) is 73.7 Å². The van der Waals surface area contributed by atoms with Crippen molar-refractivity contribution >= 4 is 16.7 Å². The summed E-state index contributed by atoms with van der Waals surface area (Å²) in [4.78, 5) is 12.8. The topological polar surface area (TPSA) is 56.8 Å². The Labute approximate surface area is 200 Å². The second-order valence-electron chi connectivity index (χ2n) is 7.91. The molecule has 0 bridgehead atoms. The first kappa shape index (κ1) is 23.2. The lowest BCUT2D eigenvalue weighted by Gasteiger charge is -2.14. The van der Waals surface area contributed by atoms with Gasteiger partial charge in [-0.2, -0.15) is 0 Å². The fraction of sp³-hybridized carbons (Fsp3) is 0.207. The van der Waals surface area contributed by atoms with Gasteiger partial charge in [-0.25, -0.2) is 0 Å². The van der Waals surface area contributed by atoms with E-state index < -0.39 is 0 Å². The van der Waals surface area contributed by atoms with Crippen LogP contribution in [0.2, 0.25) is 0 Å². The zero-order valence-corrected chi connectivity index (χ0v) is 19.5. The van der Waals surface area contributed by atoms with Gasteiger partial charge in [0.1, 0.15) is 23.9 Å². The first-order valence-corrected chi connectivity index (χ1v) is 11.4. The van der Waals surface area contributed by atoms with Crippen LogP contribution in [0.4, 0.5) is 0 Å². The lowest BCUT2D eigenvalue weighted by molar-refractivity contribution is 0.0954. The average Bonchev–Trinajstić information content (AvgIpc) is 2.88. The molecule has 174 valence electrons. The fourth-order valence-corrected chi connectivity index (χ4v) is 3.76. The van der Waals surface area contributed by atoms with E-state index in [9.17, 15) is 4.79 Å². The zero-order valence-electron chi connectivity index (χ0n) is 19.5. The Morgan fingerprint density at radius 3 is 2.35 bits per heavy atom. The number of fused-ring (bicyclic) bond motifs is 1. The van der Waals surface area contributed by atoms with Gasteiger partial charge in [0.05, 0.1) is 13.7 Å². The summed E-state index contributed by atoms with van der Waals surface area (Å²) in [6.45, 7) is 3.33. The van der Waals surface area contributed by atoms with Crippen LogP contribution in [0.15, 0.2) is 84.9 Å². The van der Waals surface area contributed by atoms with Gasteiger partial charge in [0.25, 0.3) is 5.91 Å². The third-order valence-corrected chi connectivity index (χ3v) is 5.60. The number of ether oxygens (including phenoxy) is 3. The van der Waals surface area contributed by atoms with Crippen molar-refractivity contribution < 1.29 is 19.0 Å². The van der Waals surface area contributed by atoms with Crippen LogP contribution in [0.25, 0.3) is 10.8 Å². The lowest BCUT2D eigenvalue weighted by atomic mass is 10.1. The molecular formula is C29H29NO4. The molecule has 0 heterocycles. The van der Waals surface area contributed by atoms with Crippen molar-refractivity contribution in [3.8, 4) is 17.2 Å². The maximum Gasteiger partial charge on any atom is 0.251 e. The SMILES string of the molecule is CCOc1ccc(C(=O)NCCc2ccc(OC)cc2)cc1COc1ccc2ccccc2c1. The number of amides is 1. The molecule has 5 heteroatoms. The highest BCUT2D eigenvalue weighted by atomic mass is 16.5. The van der Waals surface area contributed by atoms with Gasteiger partial charge in [0.15, 0.2) is 0 Å². The molecule has 4 aromatic carbocycles. The number of nitrogens with one attached hydrogen (secondary N) is 1. The van der Waals surface area contributed by atoms with Crippen LogP contribution >= 0.6 is 0 Å². The van der Waals surface area contributed by atoms with Crippen molar-refractivity contribution in [2.24, 2.45) is 0 Å². The molecule has 34 heavy (non-hydrogen) atoms. The van der Waals surface area contributed by atoms with Crippen LogP contribution in [0.3, 0.4) is 0 Å². The van der Waals surface area contributed by atoms with E-state index in [2.05, 4.69) is 17.4 Å². The average molecular weight is 456 g/mol. The minimum atomic E-state index is -0.122. The molecule has 5 nitrogen and oxygen atoms in total. The number of rotatable bonds is 10. The zero-order chi connectivity index (χ0) is 23.8. The van der Waals surface area contributed by atoms with Crippen LogP contribution in [0.5, 0.6) is 17.2 Å². The second-order valence-corrected chi connectivity index (χ2v) is 7.91. The highest BCUT2D eigenvalue weighted by molar-refractivity contribution is 5.94. The van der Waals surface area contributed by atoms with E-state index in [0.717, 1.165) is 45.6 Å². The van der Waals surface area contributed by atoms with E-state index in [0.29, 0.717) is 25.3 Å². The predicted molar refractivity (Wildman–Crippen MR) is 135 cm³/mol. The monoisotopic (exact) mass is 455 g/mol. The van der Waals surface area contributed by atoms with Gasteiger partial charge in [0.2, 0.25) is 0 Å². The van der Waals surface area contributed by atoms with E-state index in [1.165, 1.54) is 0 Å². The summed E-state index contributed by atoms with van der Waals surface area (Å²) in [5.74, 6) is 2.19. The molecule has 0 radical (unpaired) electrons. The minimum Gasteiger partial charge on any atom is -0.497 e. The molecule has 0 unspecified atom stereocenters. The summed E-state index contributed by atoms with van der Waals surface area (Å²) in [6.07, 6.45) is 0.741.